The normalized spacial score (nSPS) is 22.5. The number of nitrogens with one attached hydrogen (secondary N) is 1. The first-order valence-corrected chi connectivity index (χ1v) is 6.24. The van der Waals surface area contributed by atoms with E-state index in [1.165, 1.54) is 4.90 Å². The van der Waals surface area contributed by atoms with Crippen LogP contribution in [-0.4, -0.2) is 33.6 Å². The number of piperidine rings is 1. The Balaban J connectivity index is 1.88. The van der Waals surface area contributed by atoms with Gasteiger partial charge in [0.05, 0.1) is 0 Å². The van der Waals surface area contributed by atoms with Crippen LogP contribution in [0, 0.1) is 0 Å². The maximum Gasteiger partial charge on any atom is 0.273 e. The lowest BCUT2D eigenvalue weighted by Gasteiger charge is -2.29. The van der Waals surface area contributed by atoms with Gasteiger partial charge in [-0.1, -0.05) is 17.7 Å². The van der Waals surface area contributed by atoms with Gasteiger partial charge >= 0.3 is 0 Å². The van der Waals surface area contributed by atoms with Crippen molar-refractivity contribution in [2.45, 2.75) is 25.4 Å². The summed E-state index contributed by atoms with van der Waals surface area (Å²) in [5.41, 5.74) is 1.04. The summed E-state index contributed by atoms with van der Waals surface area (Å²) in [7, 11) is 0. The number of carbonyl (C=O) groups excluding carboxylic acids is 3. The zero-order valence-electron chi connectivity index (χ0n) is 9.85. The lowest BCUT2D eigenvalue weighted by molar-refractivity contribution is -0.136. The molecule has 3 rings (SSSR count). The molecule has 1 fully saturated rings. The standard InChI is InChI=1S/C12H10ClN3O3/c13-8-3-1-6-5-16(12(19)10(6)14-8)7-2-4-9(17)15-11(7)18/h1,3,7H,2,4-5H2,(H,15,17,18). The van der Waals surface area contributed by atoms with Gasteiger partial charge in [-0.25, -0.2) is 4.98 Å². The highest BCUT2D eigenvalue weighted by molar-refractivity contribution is 6.29. The summed E-state index contributed by atoms with van der Waals surface area (Å²) < 4.78 is 0. The van der Waals surface area contributed by atoms with Gasteiger partial charge in [-0.2, -0.15) is 0 Å². The first kappa shape index (κ1) is 12.1. The van der Waals surface area contributed by atoms with E-state index in [2.05, 4.69) is 10.3 Å². The topological polar surface area (TPSA) is 79.4 Å². The van der Waals surface area contributed by atoms with E-state index in [-0.39, 0.29) is 29.1 Å². The number of hydrogen-bond donors (Lipinski definition) is 1. The van der Waals surface area contributed by atoms with Gasteiger partial charge in [0.2, 0.25) is 11.8 Å². The van der Waals surface area contributed by atoms with E-state index in [1.807, 2.05) is 0 Å². The van der Waals surface area contributed by atoms with Crippen molar-refractivity contribution in [2.75, 3.05) is 0 Å². The van der Waals surface area contributed by atoms with Gasteiger partial charge in [0.15, 0.2) is 0 Å². The summed E-state index contributed by atoms with van der Waals surface area (Å²) in [6.45, 7) is 0.324. The Labute approximate surface area is 113 Å². The van der Waals surface area contributed by atoms with Crippen LogP contribution in [0.5, 0.6) is 0 Å². The minimum absolute atomic E-state index is 0.241. The number of aromatic nitrogens is 1. The molecule has 0 bridgehead atoms. The Morgan fingerprint density at radius 2 is 2.11 bits per heavy atom. The first-order chi connectivity index (χ1) is 9.06. The molecule has 1 atom stereocenters. The molecule has 1 saturated heterocycles. The molecule has 7 heteroatoms. The maximum absolute atomic E-state index is 12.2. The number of imide groups is 1. The van der Waals surface area contributed by atoms with Gasteiger partial charge in [0, 0.05) is 18.5 Å². The van der Waals surface area contributed by atoms with Crippen molar-refractivity contribution in [3.63, 3.8) is 0 Å². The average Bonchev–Trinajstić information content (AvgIpc) is 2.67. The number of pyridine rings is 1. The molecular weight excluding hydrogens is 270 g/mol. The van der Waals surface area contributed by atoms with Crippen molar-refractivity contribution in [2.24, 2.45) is 0 Å². The van der Waals surface area contributed by atoms with Crippen LogP contribution in [0.25, 0.3) is 0 Å². The second-order valence-corrected chi connectivity index (χ2v) is 4.93. The predicted octanol–water partition coefficient (Wildman–Crippen LogP) is 0.496. The van der Waals surface area contributed by atoms with Gasteiger partial charge in [0.1, 0.15) is 16.9 Å². The summed E-state index contributed by atoms with van der Waals surface area (Å²) in [5.74, 6) is -1.04. The molecule has 98 valence electrons. The molecule has 0 spiro atoms. The molecule has 3 heterocycles. The van der Waals surface area contributed by atoms with E-state index < -0.39 is 11.9 Å². The summed E-state index contributed by atoms with van der Waals surface area (Å²) in [6.07, 6.45) is 0.586. The van der Waals surface area contributed by atoms with Gasteiger partial charge in [-0.05, 0) is 12.5 Å². The molecule has 1 aromatic rings. The zero-order valence-corrected chi connectivity index (χ0v) is 10.6. The molecule has 3 amide bonds. The van der Waals surface area contributed by atoms with Gasteiger partial charge in [0.25, 0.3) is 5.91 Å². The highest BCUT2D eigenvalue weighted by atomic mass is 35.5. The van der Waals surface area contributed by atoms with Gasteiger partial charge in [-0.15, -0.1) is 0 Å². The Hall–Kier alpha value is -1.95. The Kier molecular flexibility index (Phi) is 2.74. The summed E-state index contributed by atoms with van der Waals surface area (Å²) >= 11 is 5.76. The zero-order chi connectivity index (χ0) is 13.6. The molecule has 1 N–H and O–H groups in total. The van der Waals surface area contributed by atoms with E-state index in [0.717, 1.165) is 5.56 Å². The van der Waals surface area contributed by atoms with Crippen LogP contribution in [0.15, 0.2) is 12.1 Å². The van der Waals surface area contributed by atoms with Crippen LogP contribution < -0.4 is 5.32 Å². The minimum atomic E-state index is -0.613. The van der Waals surface area contributed by atoms with Crippen molar-refractivity contribution in [3.05, 3.63) is 28.5 Å². The minimum Gasteiger partial charge on any atom is -0.321 e. The first-order valence-electron chi connectivity index (χ1n) is 5.86. The Morgan fingerprint density at radius 3 is 2.84 bits per heavy atom. The lowest BCUT2D eigenvalue weighted by atomic mass is 10.0. The van der Waals surface area contributed by atoms with Crippen LogP contribution in [0.1, 0.15) is 28.9 Å². The smallest absolute Gasteiger partial charge is 0.273 e. The monoisotopic (exact) mass is 279 g/mol. The van der Waals surface area contributed by atoms with Gasteiger partial charge < -0.3 is 4.90 Å². The molecule has 0 aromatic carbocycles. The highest BCUT2D eigenvalue weighted by Crippen LogP contribution is 2.27. The quantitative estimate of drug-likeness (QED) is 0.599. The molecule has 1 aromatic heterocycles. The molecule has 19 heavy (non-hydrogen) atoms. The van der Waals surface area contributed by atoms with Crippen molar-refractivity contribution in [1.29, 1.82) is 0 Å². The number of hydrogen-bond acceptors (Lipinski definition) is 4. The summed E-state index contributed by atoms with van der Waals surface area (Å²) in [5, 5.41) is 2.49. The fourth-order valence-corrected chi connectivity index (χ4v) is 2.55. The molecule has 6 nitrogen and oxygen atoms in total. The van der Waals surface area contributed by atoms with Crippen LogP contribution in [0.4, 0.5) is 0 Å². The molecule has 2 aliphatic heterocycles. The largest absolute Gasteiger partial charge is 0.321 e. The second kappa shape index (κ2) is 4.31. The maximum atomic E-state index is 12.2. The van der Waals surface area contributed by atoms with Crippen molar-refractivity contribution < 1.29 is 14.4 Å². The number of nitrogens with zero attached hydrogens (tertiary/aromatic N) is 2. The molecule has 0 radical (unpaired) electrons. The number of carbonyl (C=O) groups is 3. The predicted molar refractivity (Wildman–Crippen MR) is 65.3 cm³/mol. The lowest BCUT2D eigenvalue weighted by Crippen LogP contribution is -2.52. The molecule has 2 aliphatic rings. The third-order valence-electron chi connectivity index (χ3n) is 3.34. The average molecular weight is 280 g/mol. The van der Waals surface area contributed by atoms with Crippen molar-refractivity contribution in [3.8, 4) is 0 Å². The van der Waals surface area contributed by atoms with E-state index in [1.54, 1.807) is 12.1 Å². The number of rotatable bonds is 1. The molecule has 0 aliphatic carbocycles. The second-order valence-electron chi connectivity index (χ2n) is 4.54. The van der Waals surface area contributed by atoms with Crippen molar-refractivity contribution in [1.82, 2.24) is 15.2 Å². The van der Waals surface area contributed by atoms with E-state index >= 15 is 0 Å². The fraction of sp³-hybridized carbons (Fsp3) is 0.333. The van der Waals surface area contributed by atoms with Crippen LogP contribution >= 0.6 is 11.6 Å². The fourth-order valence-electron chi connectivity index (χ4n) is 2.40. The number of fused-ring (bicyclic) bond motifs is 1. The molecule has 0 saturated carbocycles. The van der Waals surface area contributed by atoms with E-state index in [0.29, 0.717) is 13.0 Å². The number of halogens is 1. The van der Waals surface area contributed by atoms with E-state index in [4.69, 9.17) is 11.6 Å². The Bertz CT molecular complexity index is 602. The Morgan fingerprint density at radius 1 is 1.32 bits per heavy atom. The summed E-state index contributed by atoms with van der Waals surface area (Å²) in [6, 6.07) is 2.73. The third kappa shape index (κ3) is 1.98. The van der Waals surface area contributed by atoms with Crippen LogP contribution in [0.3, 0.4) is 0 Å². The SMILES string of the molecule is O=C1CCC(N2Cc3ccc(Cl)nc3C2=O)C(=O)N1. The van der Waals surface area contributed by atoms with Crippen LogP contribution in [-0.2, 0) is 16.1 Å². The van der Waals surface area contributed by atoms with Crippen LogP contribution in [0.2, 0.25) is 5.15 Å². The highest BCUT2D eigenvalue weighted by Gasteiger charge is 2.39. The summed E-state index contributed by atoms with van der Waals surface area (Å²) in [4.78, 5) is 40.5. The number of amides is 3. The molecular formula is C12H10ClN3O3. The third-order valence-corrected chi connectivity index (χ3v) is 3.55. The molecule has 1 unspecified atom stereocenters. The van der Waals surface area contributed by atoms with Crippen molar-refractivity contribution >= 4 is 29.3 Å². The van der Waals surface area contributed by atoms with E-state index in [9.17, 15) is 14.4 Å². The van der Waals surface area contributed by atoms with Gasteiger partial charge in [-0.3, -0.25) is 19.7 Å².